The second-order valence-corrected chi connectivity index (χ2v) is 20.3. The molecule has 2 aliphatic rings. The summed E-state index contributed by atoms with van der Waals surface area (Å²) < 4.78 is 24.8. The highest BCUT2D eigenvalue weighted by molar-refractivity contribution is 5.92. The van der Waals surface area contributed by atoms with Gasteiger partial charge >= 0.3 is 0 Å². The summed E-state index contributed by atoms with van der Waals surface area (Å²) in [5, 5.41) is 28.2. The van der Waals surface area contributed by atoms with Crippen LogP contribution in [0.1, 0.15) is 96.9 Å². The summed E-state index contributed by atoms with van der Waals surface area (Å²) in [7, 11) is 0. The molecular weight excluding hydrogens is 937 g/mol. The maximum atomic E-state index is 11.9. The lowest BCUT2D eigenvalue weighted by atomic mass is 9.67. The van der Waals surface area contributed by atoms with Crippen LogP contribution >= 0.6 is 0 Å². The van der Waals surface area contributed by atoms with Crippen LogP contribution in [0.25, 0.3) is 43.8 Å². The first kappa shape index (κ1) is 48.5. The van der Waals surface area contributed by atoms with Crippen molar-refractivity contribution in [3.05, 3.63) is 251 Å². The van der Waals surface area contributed by atoms with Crippen LogP contribution < -0.4 is 18.9 Å². The van der Waals surface area contributed by atoms with Crippen molar-refractivity contribution in [1.82, 2.24) is 0 Å². The number of hydrogen-bond donors (Lipinski definition) is 2. The van der Waals surface area contributed by atoms with E-state index in [2.05, 4.69) is 184 Å². The van der Waals surface area contributed by atoms with Crippen LogP contribution in [0.5, 0.6) is 34.5 Å². The first-order chi connectivity index (χ1) is 37.4. The number of unbranched alkanes of at least 4 members (excludes halogenated alkanes) is 3. The second-order valence-electron chi connectivity index (χ2n) is 20.3. The zero-order valence-corrected chi connectivity index (χ0v) is 43.2. The van der Waals surface area contributed by atoms with Gasteiger partial charge in [0.1, 0.15) is 34.5 Å². The van der Waals surface area contributed by atoms with Crippen molar-refractivity contribution in [3.8, 4) is 56.8 Å². The van der Waals surface area contributed by atoms with Gasteiger partial charge in [0.2, 0.25) is 0 Å². The number of rotatable bonds is 19. The number of aromatic hydroxyl groups is 2. The molecule has 0 aromatic heterocycles. The SMILES string of the molecule is CCCCOc1ccc(C2(c3ccc4cc(OCCCCOc5ccc6cc(C7(c8ccc(OCCCC)cc8O)c8ccccc8-c8ccccc87)ccc6c5)ccc4c3)c3ccccc3-c3ccccc32)c(O)c1. The molecule has 6 heteroatoms. The minimum atomic E-state index is -0.746. The average molecular weight is 999 g/mol. The van der Waals surface area contributed by atoms with Crippen LogP contribution in [0.4, 0.5) is 0 Å². The lowest BCUT2D eigenvalue weighted by molar-refractivity contribution is 0.267. The van der Waals surface area contributed by atoms with Gasteiger partial charge in [-0.2, -0.15) is 0 Å². The van der Waals surface area contributed by atoms with Crippen molar-refractivity contribution in [2.75, 3.05) is 26.4 Å². The molecule has 378 valence electrons. The Kier molecular flexibility index (Phi) is 13.2. The maximum Gasteiger partial charge on any atom is 0.124 e. The molecule has 2 N–H and O–H groups in total. The van der Waals surface area contributed by atoms with E-state index in [1.807, 2.05) is 24.3 Å². The normalized spacial score (nSPS) is 13.4. The van der Waals surface area contributed by atoms with Gasteiger partial charge < -0.3 is 29.2 Å². The summed E-state index contributed by atoms with van der Waals surface area (Å²) >= 11 is 0. The smallest absolute Gasteiger partial charge is 0.124 e. The topological polar surface area (TPSA) is 77.4 Å². The zero-order chi connectivity index (χ0) is 51.6. The Labute approximate surface area is 445 Å². The molecule has 10 aromatic rings. The molecule has 0 fully saturated rings. The van der Waals surface area contributed by atoms with Crippen LogP contribution in [0.3, 0.4) is 0 Å². The van der Waals surface area contributed by atoms with Gasteiger partial charge in [0.05, 0.1) is 37.3 Å². The van der Waals surface area contributed by atoms with Crippen LogP contribution in [0.15, 0.2) is 206 Å². The minimum absolute atomic E-state index is 0.211. The molecule has 12 rings (SSSR count). The summed E-state index contributed by atoms with van der Waals surface area (Å²) in [6, 6.07) is 71.9. The Morgan fingerprint density at radius 3 is 0.961 bits per heavy atom. The van der Waals surface area contributed by atoms with Crippen molar-refractivity contribution >= 4 is 21.5 Å². The fourth-order valence-corrected chi connectivity index (χ4v) is 12.2. The number of benzene rings is 10. The van der Waals surface area contributed by atoms with E-state index in [0.717, 1.165) is 116 Å². The van der Waals surface area contributed by atoms with Crippen molar-refractivity contribution in [3.63, 3.8) is 0 Å². The van der Waals surface area contributed by atoms with Gasteiger partial charge in [0.15, 0.2) is 0 Å². The molecule has 76 heavy (non-hydrogen) atoms. The summed E-state index contributed by atoms with van der Waals surface area (Å²) in [4.78, 5) is 0. The third kappa shape index (κ3) is 8.37. The molecule has 0 spiro atoms. The van der Waals surface area contributed by atoms with Gasteiger partial charge in [-0.1, -0.05) is 172 Å². The number of phenolic OH excluding ortho intramolecular Hbond substituents is 2. The predicted octanol–water partition coefficient (Wildman–Crippen LogP) is 16.7. The van der Waals surface area contributed by atoms with Gasteiger partial charge in [0.25, 0.3) is 0 Å². The number of ether oxygens (including phenoxy) is 4. The Morgan fingerprint density at radius 1 is 0.303 bits per heavy atom. The first-order valence-electron chi connectivity index (χ1n) is 27.1. The molecular formula is C70H62O6. The first-order valence-corrected chi connectivity index (χ1v) is 27.1. The van der Waals surface area contributed by atoms with Gasteiger partial charge in [-0.3, -0.25) is 0 Å². The van der Waals surface area contributed by atoms with Crippen molar-refractivity contribution in [2.45, 2.75) is 63.2 Å². The van der Waals surface area contributed by atoms with E-state index in [9.17, 15) is 10.2 Å². The number of fused-ring (bicyclic) bond motifs is 8. The van der Waals surface area contributed by atoms with Crippen LogP contribution in [0, 0.1) is 0 Å². The largest absolute Gasteiger partial charge is 0.507 e. The molecule has 6 nitrogen and oxygen atoms in total. The molecule has 0 unspecified atom stereocenters. The number of phenols is 2. The quantitative estimate of drug-likeness (QED) is 0.0786. The summed E-state index contributed by atoms with van der Waals surface area (Å²) in [5.74, 6) is 3.42. The Balaban J connectivity index is 0.738. The maximum absolute atomic E-state index is 11.9. The van der Waals surface area contributed by atoms with E-state index in [4.69, 9.17) is 18.9 Å². The molecule has 0 atom stereocenters. The average Bonchev–Trinajstić information content (AvgIpc) is 4.00. The second kappa shape index (κ2) is 20.7. The molecule has 0 bridgehead atoms. The van der Waals surface area contributed by atoms with Gasteiger partial charge in [0, 0.05) is 23.3 Å². The van der Waals surface area contributed by atoms with Crippen LogP contribution in [-0.4, -0.2) is 36.6 Å². The summed E-state index contributed by atoms with van der Waals surface area (Å²) in [6.07, 6.45) is 5.67. The molecule has 10 aromatic carbocycles. The van der Waals surface area contributed by atoms with E-state index in [1.165, 1.54) is 22.3 Å². The van der Waals surface area contributed by atoms with Crippen molar-refractivity contribution in [1.29, 1.82) is 0 Å². The highest BCUT2D eigenvalue weighted by Gasteiger charge is 2.49. The third-order valence-electron chi connectivity index (χ3n) is 15.7. The molecule has 0 amide bonds. The molecule has 0 saturated carbocycles. The Bertz CT molecular complexity index is 3420. The predicted molar refractivity (Wildman–Crippen MR) is 307 cm³/mol. The standard InChI is InChI=1S/C70H62O6/c1-3-5-37-73-55-33-35-65(67(71)45-55)69(61-21-11-7-17-57(61)58-18-8-12-22-62(58)69)51-29-25-49-43-53(31-27-47(49)41-51)75-39-15-16-40-76-54-32-28-48-42-52(30-26-50(48)44-54)70(66-36-34-56(46-68(66)72)74-38-6-4-2)63-23-13-9-19-59(63)60-20-10-14-24-64(60)70/h7-14,17-36,41-46,71-72H,3-6,15-16,37-40H2,1-2H3. The van der Waals surface area contributed by atoms with Crippen LogP contribution in [-0.2, 0) is 10.8 Å². The van der Waals surface area contributed by atoms with E-state index >= 15 is 0 Å². The Hall–Kier alpha value is -8.48. The molecule has 0 heterocycles. The van der Waals surface area contributed by atoms with Crippen molar-refractivity contribution < 1.29 is 29.2 Å². The van der Waals surface area contributed by atoms with E-state index in [0.29, 0.717) is 37.9 Å². The lowest BCUT2D eigenvalue weighted by Crippen LogP contribution is -2.28. The zero-order valence-electron chi connectivity index (χ0n) is 43.2. The molecule has 0 saturated heterocycles. The molecule has 0 radical (unpaired) electrons. The Morgan fingerprint density at radius 2 is 0.605 bits per heavy atom. The van der Waals surface area contributed by atoms with Gasteiger partial charge in [-0.05, 0) is 151 Å². The molecule has 0 aliphatic heterocycles. The summed E-state index contributed by atoms with van der Waals surface area (Å²) in [5.41, 5.74) is 11.6. The van der Waals surface area contributed by atoms with Crippen LogP contribution in [0.2, 0.25) is 0 Å². The lowest BCUT2D eigenvalue weighted by Gasteiger charge is -2.34. The fraction of sp³-hybridized carbons (Fsp3) is 0.200. The monoisotopic (exact) mass is 998 g/mol. The van der Waals surface area contributed by atoms with Crippen molar-refractivity contribution in [2.24, 2.45) is 0 Å². The van der Waals surface area contributed by atoms with Gasteiger partial charge in [-0.15, -0.1) is 0 Å². The molecule has 2 aliphatic carbocycles. The van der Waals surface area contributed by atoms with Gasteiger partial charge in [-0.25, -0.2) is 0 Å². The van der Waals surface area contributed by atoms with E-state index < -0.39 is 10.8 Å². The highest BCUT2D eigenvalue weighted by atomic mass is 16.5. The summed E-state index contributed by atoms with van der Waals surface area (Å²) in [6.45, 7) is 6.65. The fourth-order valence-electron chi connectivity index (χ4n) is 12.2. The minimum Gasteiger partial charge on any atom is -0.507 e. The third-order valence-corrected chi connectivity index (χ3v) is 15.7. The van der Waals surface area contributed by atoms with E-state index in [1.54, 1.807) is 12.1 Å². The van der Waals surface area contributed by atoms with E-state index in [-0.39, 0.29) is 11.5 Å². The highest BCUT2D eigenvalue weighted by Crippen LogP contribution is 2.60. The number of hydrogen-bond acceptors (Lipinski definition) is 6.